The highest BCUT2D eigenvalue weighted by atomic mass is 15.2. The van der Waals surface area contributed by atoms with Crippen molar-refractivity contribution in [1.82, 2.24) is 19.8 Å². The van der Waals surface area contributed by atoms with E-state index in [0.717, 1.165) is 18.5 Å². The Morgan fingerprint density at radius 2 is 2.16 bits per heavy atom. The van der Waals surface area contributed by atoms with Crippen molar-refractivity contribution in [2.75, 3.05) is 20.1 Å². The second-order valence-electron chi connectivity index (χ2n) is 6.48. The van der Waals surface area contributed by atoms with Gasteiger partial charge in [-0.15, -0.1) is 0 Å². The number of hydrogen-bond acceptors (Lipinski definition) is 3. The zero-order valence-electron chi connectivity index (χ0n) is 12.3. The quantitative estimate of drug-likeness (QED) is 0.883. The maximum absolute atomic E-state index is 4.38. The monoisotopic (exact) mass is 262 g/mol. The van der Waals surface area contributed by atoms with Crippen molar-refractivity contribution in [3.05, 3.63) is 18.2 Å². The van der Waals surface area contributed by atoms with Gasteiger partial charge in [-0.3, -0.25) is 4.90 Å². The second kappa shape index (κ2) is 5.25. The van der Waals surface area contributed by atoms with Gasteiger partial charge in [0.05, 0.1) is 18.1 Å². The minimum Gasteiger partial charge on any atom is -0.331 e. The van der Waals surface area contributed by atoms with E-state index < -0.39 is 0 Å². The molecule has 3 rings (SSSR count). The number of nitrogens with one attached hydrogen (secondary N) is 1. The standard InChI is InChI=1S/C15H26N4/c1-11(2)19-10-16-9-14(19)15-12(6-7-18(15)3)8-17-13-4-5-13/h9-13,15,17H,4-8H2,1-3H3. The smallest absolute Gasteiger partial charge is 0.0951 e. The van der Waals surface area contributed by atoms with Crippen LogP contribution in [0.5, 0.6) is 0 Å². The van der Waals surface area contributed by atoms with Crippen molar-refractivity contribution < 1.29 is 0 Å². The van der Waals surface area contributed by atoms with E-state index in [2.05, 4.69) is 46.9 Å². The Morgan fingerprint density at radius 3 is 2.84 bits per heavy atom. The molecular formula is C15H26N4. The Hall–Kier alpha value is -0.870. The highest BCUT2D eigenvalue weighted by molar-refractivity contribution is 5.11. The number of rotatable bonds is 5. The molecule has 19 heavy (non-hydrogen) atoms. The van der Waals surface area contributed by atoms with E-state index in [0.29, 0.717) is 12.1 Å². The highest BCUT2D eigenvalue weighted by Crippen LogP contribution is 2.37. The molecule has 2 heterocycles. The van der Waals surface area contributed by atoms with Crippen LogP contribution in [0.1, 0.15) is 50.9 Å². The number of nitrogens with zero attached hydrogens (tertiary/aromatic N) is 3. The van der Waals surface area contributed by atoms with Crippen LogP contribution in [0, 0.1) is 5.92 Å². The Morgan fingerprint density at radius 1 is 1.37 bits per heavy atom. The molecule has 0 spiro atoms. The van der Waals surface area contributed by atoms with Crippen molar-refractivity contribution in [3.8, 4) is 0 Å². The summed E-state index contributed by atoms with van der Waals surface area (Å²) in [5.74, 6) is 0.722. The first-order valence-corrected chi connectivity index (χ1v) is 7.62. The fourth-order valence-electron chi connectivity index (χ4n) is 3.29. The van der Waals surface area contributed by atoms with E-state index in [1.165, 1.54) is 31.5 Å². The molecule has 0 amide bonds. The molecule has 0 bridgehead atoms. The van der Waals surface area contributed by atoms with E-state index in [1.807, 2.05) is 6.33 Å². The number of hydrogen-bond donors (Lipinski definition) is 1. The third kappa shape index (κ3) is 2.70. The molecular weight excluding hydrogens is 236 g/mol. The lowest BCUT2D eigenvalue weighted by molar-refractivity contribution is 0.257. The number of imidazole rings is 1. The van der Waals surface area contributed by atoms with E-state index in [-0.39, 0.29) is 0 Å². The Labute approximate surface area is 116 Å². The fraction of sp³-hybridized carbons (Fsp3) is 0.800. The van der Waals surface area contributed by atoms with Crippen molar-refractivity contribution in [2.45, 2.75) is 51.2 Å². The van der Waals surface area contributed by atoms with Gasteiger partial charge >= 0.3 is 0 Å². The van der Waals surface area contributed by atoms with Gasteiger partial charge < -0.3 is 9.88 Å². The third-order valence-corrected chi connectivity index (χ3v) is 4.58. The van der Waals surface area contributed by atoms with Crippen LogP contribution in [0.2, 0.25) is 0 Å². The predicted molar refractivity (Wildman–Crippen MR) is 77.1 cm³/mol. The summed E-state index contributed by atoms with van der Waals surface area (Å²) in [6.45, 7) is 6.82. The molecule has 1 N–H and O–H groups in total. The fourth-order valence-corrected chi connectivity index (χ4v) is 3.29. The van der Waals surface area contributed by atoms with Gasteiger partial charge in [-0.2, -0.15) is 0 Å². The molecule has 0 radical (unpaired) electrons. The topological polar surface area (TPSA) is 33.1 Å². The van der Waals surface area contributed by atoms with Crippen LogP contribution >= 0.6 is 0 Å². The lowest BCUT2D eigenvalue weighted by Crippen LogP contribution is -2.31. The lowest BCUT2D eigenvalue weighted by atomic mass is 9.97. The maximum Gasteiger partial charge on any atom is 0.0951 e. The average molecular weight is 262 g/mol. The first kappa shape index (κ1) is 13.1. The maximum atomic E-state index is 4.38. The summed E-state index contributed by atoms with van der Waals surface area (Å²) in [7, 11) is 2.25. The summed E-state index contributed by atoms with van der Waals surface area (Å²) in [4.78, 5) is 6.88. The summed E-state index contributed by atoms with van der Waals surface area (Å²) >= 11 is 0. The minimum atomic E-state index is 0.489. The molecule has 106 valence electrons. The van der Waals surface area contributed by atoms with Crippen LogP contribution in [-0.2, 0) is 0 Å². The normalized spacial score (nSPS) is 28.4. The first-order valence-electron chi connectivity index (χ1n) is 7.62. The Balaban J connectivity index is 1.76. The van der Waals surface area contributed by atoms with Crippen LogP contribution in [-0.4, -0.2) is 40.6 Å². The van der Waals surface area contributed by atoms with Gasteiger partial charge in [-0.05, 0) is 52.6 Å². The zero-order chi connectivity index (χ0) is 13.4. The molecule has 1 aromatic rings. The zero-order valence-corrected chi connectivity index (χ0v) is 12.3. The summed E-state index contributed by atoms with van der Waals surface area (Å²) < 4.78 is 2.33. The average Bonchev–Trinajstić information content (AvgIpc) is 2.94. The van der Waals surface area contributed by atoms with Crippen LogP contribution in [0.25, 0.3) is 0 Å². The van der Waals surface area contributed by atoms with E-state index in [4.69, 9.17) is 0 Å². The van der Waals surface area contributed by atoms with Gasteiger partial charge in [0.1, 0.15) is 0 Å². The summed E-state index contributed by atoms with van der Waals surface area (Å²) in [5.41, 5.74) is 1.39. The van der Waals surface area contributed by atoms with E-state index in [9.17, 15) is 0 Å². The first-order chi connectivity index (χ1) is 9.16. The minimum absolute atomic E-state index is 0.489. The van der Waals surface area contributed by atoms with Crippen molar-refractivity contribution in [3.63, 3.8) is 0 Å². The molecule has 1 aromatic heterocycles. The van der Waals surface area contributed by atoms with Crippen LogP contribution in [0.15, 0.2) is 12.5 Å². The molecule has 4 nitrogen and oxygen atoms in total. The summed E-state index contributed by atoms with van der Waals surface area (Å²) in [6.07, 6.45) is 8.09. The summed E-state index contributed by atoms with van der Waals surface area (Å²) in [6, 6.07) is 1.82. The molecule has 1 aliphatic heterocycles. The van der Waals surface area contributed by atoms with Crippen molar-refractivity contribution >= 4 is 0 Å². The third-order valence-electron chi connectivity index (χ3n) is 4.58. The van der Waals surface area contributed by atoms with Gasteiger partial charge in [0.25, 0.3) is 0 Å². The Kier molecular flexibility index (Phi) is 3.63. The van der Waals surface area contributed by atoms with Crippen molar-refractivity contribution in [1.29, 1.82) is 0 Å². The molecule has 2 unspecified atom stereocenters. The van der Waals surface area contributed by atoms with Gasteiger partial charge in [0.15, 0.2) is 0 Å². The predicted octanol–water partition coefficient (Wildman–Crippen LogP) is 2.21. The van der Waals surface area contributed by atoms with Gasteiger partial charge in [-0.25, -0.2) is 4.98 Å². The van der Waals surface area contributed by atoms with Crippen LogP contribution in [0.4, 0.5) is 0 Å². The molecule has 1 saturated heterocycles. The van der Waals surface area contributed by atoms with Gasteiger partial charge in [0, 0.05) is 24.8 Å². The van der Waals surface area contributed by atoms with Crippen molar-refractivity contribution in [2.24, 2.45) is 5.92 Å². The van der Waals surface area contributed by atoms with E-state index in [1.54, 1.807) is 0 Å². The largest absolute Gasteiger partial charge is 0.331 e. The SMILES string of the molecule is CC(C)n1cncc1C1C(CNC2CC2)CCN1C. The van der Waals surface area contributed by atoms with Crippen LogP contribution in [0.3, 0.4) is 0 Å². The number of likely N-dealkylation sites (tertiary alicyclic amines) is 1. The molecule has 1 saturated carbocycles. The molecule has 2 atom stereocenters. The molecule has 4 heteroatoms. The molecule has 2 aliphatic rings. The Bertz CT molecular complexity index is 422. The number of aromatic nitrogens is 2. The molecule has 1 aliphatic carbocycles. The van der Waals surface area contributed by atoms with E-state index >= 15 is 0 Å². The summed E-state index contributed by atoms with van der Waals surface area (Å²) in [5, 5.41) is 3.70. The van der Waals surface area contributed by atoms with Crippen LogP contribution < -0.4 is 5.32 Å². The lowest BCUT2D eigenvalue weighted by Gasteiger charge is -2.27. The second-order valence-corrected chi connectivity index (χ2v) is 6.48. The molecule has 0 aromatic carbocycles. The molecule has 2 fully saturated rings. The van der Waals surface area contributed by atoms with Gasteiger partial charge in [-0.1, -0.05) is 0 Å². The highest BCUT2D eigenvalue weighted by Gasteiger charge is 2.36. The van der Waals surface area contributed by atoms with Gasteiger partial charge in [0.2, 0.25) is 0 Å².